The van der Waals surface area contributed by atoms with Crippen LogP contribution in [0.5, 0.6) is 0 Å². The average molecular weight is 334 g/mol. The molecule has 1 aromatic carbocycles. The fraction of sp³-hybridized carbons (Fsp3) is 0.500. The second-order valence-electron chi connectivity index (χ2n) is 6.20. The summed E-state index contributed by atoms with van der Waals surface area (Å²) in [7, 11) is 0. The molecule has 0 spiro atoms. The topological polar surface area (TPSA) is 74.9 Å². The third-order valence-electron chi connectivity index (χ3n) is 4.93. The smallest absolute Gasteiger partial charge is 0.385 e. The van der Waals surface area contributed by atoms with Gasteiger partial charge in [0.05, 0.1) is 22.9 Å². The number of hydrogen-bond acceptors (Lipinski definition) is 3. The second kappa shape index (κ2) is 4.59. The molecule has 4 nitrogen and oxygen atoms in total. The summed E-state index contributed by atoms with van der Waals surface area (Å²) in [6.07, 6.45) is -2.16. The zero-order chi connectivity index (χ0) is 15.0. The third kappa shape index (κ3) is 2.11. The molecule has 2 fully saturated rings. The van der Waals surface area contributed by atoms with Crippen LogP contribution in [0.4, 0.5) is 13.2 Å². The Morgan fingerprint density at radius 2 is 1.91 bits per heavy atom. The van der Waals surface area contributed by atoms with Crippen molar-refractivity contribution in [3.63, 3.8) is 0 Å². The van der Waals surface area contributed by atoms with E-state index in [1.165, 1.54) is 6.20 Å². The van der Waals surface area contributed by atoms with E-state index < -0.39 is 17.3 Å². The van der Waals surface area contributed by atoms with Gasteiger partial charge in [0.1, 0.15) is 0 Å². The van der Waals surface area contributed by atoms with E-state index in [-0.39, 0.29) is 35.8 Å². The van der Waals surface area contributed by atoms with Gasteiger partial charge in [0.2, 0.25) is 0 Å². The molecule has 4 rings (SSSR count). The van der Waals surface area contributed by atoms with Crippen LogP contribution in [0.15, 0.2) is 18.3 Å². The molecule has 2 unspecified atom stereocenters. The van der Waals surface area contributed by atoms with Crippen molar-refractivity contribution in [3.05, 3.63) is 29.5 Å². The van der Waals surface area contributed by atoms with Crippen molar-refractivity contribution >= 4 is 23.3 Å². The summed E-state index contributed by atoms with van der Waals surface area (Å²) in [5.74, 6) is 0.429. The minimum Gasteiger partial charge on any atom is -0.385 e. The van der Waals surface area contributed by atoms with E-state index in [0.29, 0.717) is 23.8 Å². The van der Waals surface area contributed by atoms with Gasteiger partial charge in [-0.15, -0.1) is 12.4 Å². The first-order chi connectivity index (χ1) is 9.79. The maximum absolute atomic E-state index is 13.0. The van der Waals surface area contributed by atoms with Crippen LogP contribution in [0.1, 0.15) is 24.0 Å². The molecule has 2 aromatic rings. The fourth-order valence-corrected chi connectivity index (χ4v) is 3.73. The SMILES string of the molecule is Cl.NC1C2CC(O)(c3cc(C(F)(F)F)cc4[nH]ncc34)CC12. The Morgan fingerprint density at radius 1 is 1.27 bits per heavy atom. The molecule has 2 atom stereocenters. The lowest BCUT2D eigenvalue weighted by Gasteiger charge is -2.27. The van der Waals surface area contributed by atoms with Crippen LogP contribution in [0.2, 0.25) is 0 Å². The van der Waals surface area contributed by atoms with Gasteiger partial charge < -0.3 is 10.8 Å². The summed E-state index contributed by atoms with van der Waals surface area (Å²) in [4.78, 5) is 0. The van der Waals surface area contributed by atoms with Gasteiger partial charge in [-0.2, -0.15) is 18.3 Å². The second-order valence-corrected chi connectivity index (χ2v) is 6.20. The van der Waals surface area contributed by atoms with Gasteiger partial charge in [-0.25, -0.2) is 0 Å². The molecular weight excluding hydrogens is 319 g/mol. The van der Waals surface area contributed by atoms with Crippen molar-refractivity contribution in [2.24, 2.45) is 17.6 Å². The van der Waals surface area contributed by atoms with E-state index in [2.05, 4.69) is 10.2 Å². The minimum absolute atomic E-state index is 0. The molecule has 1 heterocycles. The highest BCUT2D eigenvalue weighted by Crippen LogP contribution is 2.59. The zero-order valence-electron chi connectivity index (χ0n) is 11.4. The summed E-state index contributed by atoms with van der Waals surface area (Å²) in [6, 6.07) is 2.15. The third-order valence-corrected chi connectivity index (χ3v) is 4.93. The largest absolute Gasteiger partial charge is 0.416 e. The Bertz CT molecular complexity index is 718. The first-order valence-corrected chi connectivity index (χ1v) is 6.82. The number of H-pyrrole nitrogens is 1. The van der Waals surface area contributed by atoms with Crippen molar-refractivity contribution in [2.75, 3.05) is 0 Å². The summed E-state index contributed by atoms with van der Waals surface area (Å²) < 4.78 is 39.1. The number of nitrogens with zero attached hydrogens (tertiary/aromatic N) is 1. The number of rotatable bonds is 1. The molecule has 22 heavy (non-hydrogen) atoms. The standard InChI is InChI=1S/C14H14F3N3O.ClH/c15-14(16,17)6-1-10(9-5-19-20-11(9)2-6)13(21)3-7-8(4-13)12(7)18;/h1-2,5,7-8,12,21H,3-4,18H2,(H,19,20);1H. The molecule has 0 saturated heterocycles. The zero-order valence-corrected chi connectivity index (χ0v) is 12.2. The Morgan fingerprint density at radius 3 is 2.50 bits per heavy atom. The molecule has 8 heteroatoms. The highest BCUT2D eigenvalue weighted by Gasteiger charge is 2.60. The molecule has 0 amide bonds. The lowest BCUT2D eigenvalue weighted by atomic mass is 9.85. The number of aromatic amines is 1. The fourth-order valence-electron chi connectivity index (χ4n) is 3.73. The van der Waals surface area contributed by atoms with Crippen LogP contribution >= 0.6 is 12.4 Å². The molecule has 0 radical (unpaired) electrons. The van der Waals surface area contributed by atoms with E-state index in [9.17, 15) is 18.3 Å². The number of alkyl halides is 3. The number of hydrogen-bond donors (Lipinski definition) is 3. The van der Waals surface area contributed by atoms with Crippen molar-refractivity contribution in [3.8, 4) is 0 Å². The van der Waals surface area contributed by atoms with Gasteiger partial charge in [-0.3, -0.25) is 5.10 Å². The maximum atomic E-state index is 13.0. The van der Waals surface area contributed by atoms with E-state index in [4.69, 9.17) is 5.73 Å². The van der Waals surface area contributed by atoms with E-state index in [1.54, 1.807) is 0 Å². The van der Waals surface area contributed by atoms with Crippen LogP contribution < -0.4 is 5.73 Å². The van der Waals surface area contributed by atoms with Crippen molar-refractivity contribution < 1.29 is 18.3 Å². The van der Waals surface area contributed by atoms with Crippen molar-refractivity contribution in [2.45, 2.75) is 30.7 Å². The van der Waals surface area contributed by atoms with Gasteiger partial charge in [-0.05, 0) is 42.4 Å². The predicted octanol–water partition coefficient (Wildman–Crippen LogP) is 2.56. The van der Waals surface area contributed by atoms with Crippen LogP contribution in [0, 0.1) is 11.8 Å². The van der Waals surface area contributed by atoms with Crippen LogP contribution in [-0.4, -0.2) is 21.3 Å². The Hall–Kier alpha value is -1.31. The van der Waals surface area contributed by atoms with Gasteiger partial charge in [0, 0.05) is 11.4 Å². The summed E-state index contributed by atoms with van der Waals surface area (Å²) >= 11 is 0. The lowest BCUT2D eigenvalue weighted by Crippen LogP contribution is -2.28. The number of halogens is 4. The van der Waals surface area contributed by atoms with Crippen LogP contribution in [-0.2, 0) is 11.8 Å². The van der Waals surface area contributed by atoms with E-state index >= 15 is 0 Å². The first kappa shape index (κ1) is 15.6. The van der Waals surface area contributed by atoms with Crippen LogP contribution in [0.3, 0.4) is 0 Å². The number of nitrogens with two attached hydrogens (primary N) is 1. The molecule has 0 aliphatic heterocycles. The molecule has 120 valence electrons. The highest BCUT2D eigenvalue weighted by molar-refractivity contribution is 5.85. The monoisotopic (exact) mass is 333 g/mol. The van der Waals surface area contributed by atoms with Gasteiger partial charge in [-0.1, -0.05) is 0 Å². The Labute approximate surface area is 130 Å². The first-order valence-electron chi connectivity index (χ1n) is 6.82. The number of nitrogens with one attached hydrogen (secondary N) is 1. The van der Waals surface area contributed by atoms with Crippen LogP contribution in [0.25, 0.3) is 10.9 Å². The Balaban J connectivity index is 0.00000144. The molecular formula is C14H15ClF3N3O. The molecule has 0 bridgehead atoms. The molecule has 2 aliphatic rings. The average Bonchev–Trinajstić information content (AvgIpc) is 2.86. The van der Waals surface area contributed by atoms with Crippen molar-refractivity contribution in [1.82, 2.24) is 10.2 Å². The van der Waals surface area contributed by atoms with Gasteiger partial charge in [0.25, 0.3) is 0 Å². The van der Waals surface area contributed by atoms with E-state index in [1.807, 2.05) is 0 Å². The normalized spacial score (nSPS) is 33.6. The van der Waals surface area contributed by atoms with E-state index in [0.717, 1.165) is 12.1 Å². The Kier molecular flexibility index (Phi) is 3.25. The lowest BCUT2D eigenvalue weighted by molar-refractivity contribution is -0.137. The minimum atomic E-state index is -4.46. The van der Waals surface area contributed by atoms with Gasteiger partial charge in [0.15, 0.2) is 0 Å². The maximum Gasteiger partial charge on any atom is 0.416 e. The number of fused-ring (bicyclic) bond motifs is 2. The summed E-state index contributed by atoms with van der Waals surface area (Å²) in [5.41, 5.74) is 4.44. The number of aliphatic hydroxyl groups is 1. The molecule has 1 aromatic heterocycles. The quantitative estimate of drug-likeness (QED) is 0.751. The number of aromatic nitrogens is 2. The number of benzene rings is 1. The molecule has 2 saturated carbocycles. The predicted molar refractivity (Wildman–Crippen MR) is 76.4 cm³/mol. The summed E-state index contributed by atoms with van der Waals surface area (Å²) in [5, 5.41) is 17.7. The molecule has 4 N–H and O–H groups in total. The van der Waals surface area contributed by atoms with Crippen molar-refractivity contribution in [1.29, 1.82) is 0 Å². The highest BCUT2D eigenvalue weighted by atomic mass is 35.5. The van der Waals surface area contributed by atoms with Gasteiger partial charge >= 0.3 is 6.18 Å². The molecule has 2 aliphatic carbocycles. The summed E-state index contributed by atoms with van der Waals surface area (Å²) in [6.45, 7) is 0.